The van der Waals surface area contributed by atoms with Crippen molar-refractivity contribution in [1.82, 2.24) is 9.88 Å². The lowest BCUT2D eigenvalue weighted by Crippen LogP contribution is -2.49. The highest BCUT2D eigenvalue weighted by atomic mass is 19.1. The lowest BCUT2D eigenvalue weighted by atomic mass is 10.1. The fourth-order valence-electron chi connectivity index (χ4n) is 3.58. The molecule has 0 spiro atoms. The number of aromatic nitrogens is 1. The molecule has 2 aliphatic rings. The van der Waals surface area contributed by atoms with Crippen molar-refractivity contribution in [1.29, 1.82) is 0 Å². The number of hydrogen-bond donors (Lipinski definition) is 0. The van der Waals surface area contributed by atoms with Crippen LogP contribution in [0.4, 0.5) is 15.9 Å². The second-order valence-electron chi connectivity index (χ2n) is 6.73. The number of anilines is 2. The standard InChI is InChI=1S/C20H23FN4O2/c21-16-3-5-17(6-4-16)23-8-10-25(11-9-23)20(26)18-2-1-7-22-19(18)24-12-14-27-15-13-24/h1-7H,8-15H2. The lowest BCUT2D eigenvalue weighted by Gasteiger charge is -2.37. The first-order valence-corrected chi connectivity index (χ1v) is 9.30. The molecule has 27 heavy (non-hydrogen) atoms. The molecule has 3 heterocycles. The second kappa shape index (κ2) is 7.92. The summed E-state index contributed by atoms with van der Waals surface area (Å²) in [5.41, 5.74) is 1.63. The van der Waals surface area contributed by atoms with Gasteiger partial charge in [0.1, 0.15) is 11.6 Å². The number of amides is 1. The number of halogens is 1. The predicted molar refractivity (Wildman–Crippen MR) is 102 cm³/mol. The molecular weight excluding hydrogens is 347 g/mol. The van der Waals surface area contributed by atoms with Crippen LogP contribution >= 0.6 is 0 Å². The minimum absolute atomic E-state index is 0.0170. The van der Waals surface area contributed by atoms with E-state index in [2.05, 4.69) is 14.8 Å². The molecule has 1 amide bonds. The van der Waals surface area contributed by atoms with Crippen LogP contribution in [0.25, 0.3) is 0 Å². The maximum atomic E-state index is 13.1. The van der Waals surface area contributed by atoms with Gasteiger partial charge in [-0.1, -0.05) is 0 Å². The molecule has 7 heteroatoms. The van der Waals surface area contributed by atoms with Gasteiger partial charge in [0.2, 0.25) is 0 Å². The molecule has 6 nitrogen and oxygen atoms in total. The van der Waals surface area contributed by atoms with Crippen molar-refractivity contribution in [2.75, 3.05) is 62.3 Å². The van der Waals surface area contributed by atoms with Crippen molar-refractivity contribution in [3.05, 3.63) is 54.0 Å². The summed E-state index contributed by atoms with van der Waals surface area (Å²) in [7, 11) is 0. The normalized spacial score (nSPS) is 17.9. The highest BCUT2D eigenvalue weighted by molar-refractivity contribution is 5.99. The summed E-state index contributed by atoms with van der Waals surface area (Å²) < 4.78 is 18.5. The van der Waals surface area contributed by atoms with Crippen molar-refractivity contribution < 1.29 is 13.9 Å². The van der Waals surface area contributed by atoms with Gasteiger partial charge in [0, 0.05) is 51.2 Å². The first-order valence-electron chi connectivity index (χ1n) is 9.30. The van der Waals surface area contributed by atoms with Crippen LogP contribution in [0.5, 0.6) is 0 Å². The van der Waals surface area contributed by atoms with Crippen LogP contribution in [-0.2, 0) is 4.74 Å². The summed E-state index contributed by atoms with van der Waals surface area (Å²) in [5, 5.41) is 0. The smallest absolute Gasteiger partial charge is 0.257 e. The first kappa shape index (κ1) is 17.7. The summed E-state index contributed by atoms with van der Waals surface area (Å²) in [6.07, 6.45) is 1.73. The molecule has 1 aromatic carbocycles. The van der Waals surface area contributed by atoms with E-state index in [9.17, 15) is 9.18 Å². The molecule has 142 valence electrons. The highest BCUT2D eigenvalue weighted by Crippen LogP contribution is 2.22. The minimum atomic E-state index is -0.236. The zero-order valence-electron chi connectivity index (χ0n) is 15.2. The predicted octanol–water partition coefficient (Wildman–Crippen LogP) is 2.02. The largest absolute Gasteiger partial charge is 0.378 e. The number of piperazine rings is 1. The maximum absolute atomic E-state index is 13.1. The van der Waals surface area contributed by atoms with E-state index in [0.29, 0.717) is 31.9 Å². The Balaban J connectivity index is 1.44. The van der Waals surface area contributed by atoms with Gasteiger partial charge >= 0.3 is 0 Å². The quantitative estimate of drug-likeness (QED) is 0.827. The number of benzene rings is 1. The van der Waals surface area contributed by atoms with Crippen molar-refractivity contribution in [2.45, 2.75) is 0 Å². The molecule has 0 unspecified atom stereocenters. The van der Waals surface area contributed by atoms with Crippen LogP contribution in [0.2, 0.25) is 0 Å². The Kier molecular flexibility index (Phi) is 5.20. The van der Waals surface area contributed by atoms with Crippen molar-refractivity contribution in [2.24, 2.45) is 0 Å². The van der Waals surface area contributed by atoms with Gasteiger partial charge in [-0.05, 0) is 36.4 Å². The number of carbonyl (C=O) groups excluding carboxylic acids is 1. The number of ether oxygens (including phenoxy) is 1. The van der Waals surface area contributed by atoms with E-state index in [1.54, 1.807) is 18.3 Å². The fraction of sp³-hybridized carbons (Fsp3) is 0.400. The third-order valence-corrected chi connectivity index (χ3v) is 5.09. The summed E-state index contributed by atoms with van der Waals surface area (Å²) in [6.45, 7) is 5.52. The Morgan fingerprint density at radius 1 is 0.926 bits per heavy atom. The average Bonchev–Trinajstić information content (AvgIpc) is 2.74. The van der Waals surface area contributed by atoms with Gasteiger partial charge < -0.3 is 19.4 Å². The van der Waals surface area contributed by atoms with E-state index in [4.69, 9.17) is 4.74 Å². The Hall–Kier alpha value is -2.67. The van der Waals surface area contributed by atoms with E-state index >= 15 is 0 Å². The van der Waals surface area contributed by atoms with Crippen LogP contribution in [-0.4, -0.2) is 68.3 Å². The third kappa shape index (κ3) is 3.88. The van der Waals surface area contributed by atoms with E-state index in [1.165, 1.54) is 12.1 Å². The topological polar surface area (TPSA) is 48.9 Å². The molecule has 2 aromatic rings. The molecule has 0 aliphatic carbocycles. The van der Waals surface area contributed by atoms with Gasteiger partial charge in [0.05, 0.1) is 18.8 Å². The van der Waals surface area contributed by atoms with E-state index in [1.807, 2.05) is 17.0 Å². The number of carbonyl (C=O) groups is 1. The van der Waals surface area contributed by atoms with Gasteiger partial charge in [-0.3, -0.25) is 4.79 Å². The summed E-state index contributed by atoms with van der Waals surface area (Å²) in [6, 6.07) is 10.2. The highest BCUT2D eigenvalue weighted by Gasteiger charge is 2.26. The molecule has 0 N–H and O–H groups in total. The van der Waals surface area contributed by atoms with Gasteiger partial charge in [-0.2, -0.15) is 0 Å². The molecule has 0 atom stereocenters. The van der Waals surface area contributed by atoms with E-state index < -0.39 is 0 Å². The van der Waals surface area contributed by atoms with E-state index in [-0.39, 0.29) is 11.7 Å². The van der Waals surface area contributed by atoms with E-state index in [0.717, 1.165) is 37.7 Å². The van der Waals surface area contributed by atoms with Crippen molar-refractivity contribution in [3.63, 3.8) is 0 Å². The number of morpholine rings is 1. The zero-order chi connectivity index (χ0) is 18.6. The Labute approximate surface area is 158 Å². The molecule has 0 saturated carbocycles. The molecule has 2 fully saturated rings. The first-order chi connectivity index (χ1) is 13.2. The average molecular weight is 370 g/mol. The molecule has 1 aromatic heterocycles. The van der Waals surface area contributed by atoms with Crippen LogP contribution in [0.15, 0.2) is 42.6 Å². The van der Waals surface area contributed by atoms with Crippen molar-refractivity contribution in [3.8, 4) is 0 Å². The molecular formula is C20H23FN4O2. The Bertz CT molecular complexity index is 785. The number of pyridine rings is 1. The van der Waals surface area contributed by atoms with Crippen molar-refractivity contribution >= 4 is 17.4 Å². The number of hydrogen-bond acceptors (Lipinski definition) is 5. The SMILES string of the molecule is O=C(c1cccnc1N1CCOCC1)N1CCN(c2ccc(F)cc2)CC1. The monoisotopic (exact) mass is 370 g/mol. The maximum Gasteiger partial charge on any atom is 0.257 e. The third-order valence-electron chi connectivity index (χ3n) is 5.09. The number of rotatable bonds is 3. The number of nitrogens with zero attached hydrogens (tertiary/aromatic N) is 4. The second-order valence-corrected chi connectivity index (χ2v) is 6.73. The van der Waals surface area contributed by atoms with Crippen LogP contribution in [0, 0.1) is 5.82 Å². The summed E-state index contributed by atoms with van der Waals surface area (Å²) in [5.74, 6) is 0.523. The molecule has 4 rings (SSSR count). The van der Waals surface area contributed by atoms with Gasteiger partial charge in [0.15, 0.2) is 0 Å². The van der Waals surface area contributed by atoms with Crippen LogP contribution in [0.1, 0.15) is 10.4 Å². The molecule has 2 saturated heterocycles. The Morgan fingerprint density at radius 3 is 2.33 bits per heavy atom. The molecule has 2 aliphatic heterocycles. The zero-order valence-corrected chi connectivity index (χ0v) is 15.2. The summed E-state index contributed by atoms with van der Waals surface area (Å²) in [4.78, 5) is 23.7. The van der Waals surface area contributed by atoms with Gasteiger partial charge in [0.25, 0.3) is 5.91 Å². The Morgan fingerprint density at radius 2 is 1.63 bits per heavy atom. The van der Waals surface area contributed by atoms with Crippen LogP contribution < -0.4 is 9.80 Å². The van der Waals surface area contributed by atoms with Crippen LogP contribution in [0.3, 0.4) is 0 Å². The summed E-state index contributed by atoms with van der Waals surface area (Å²) >= 11 is 0. The molecule has 0 bridgehead atoms. The minimum Gasteiger partial charge on any atom is -0.378 e. The van der Waals surface area contributed by atoms with Gasteiger partial charge in [-0.15, -0.1) is 0 Å². The fourth-order valence-corrected chi connectivity index (χ4v) is 3.58. The lowest BCUT2D eigenvalue weighted by molar-refractivity contribution is 0.0745. The van der Waals surface area contributed by atoms with Gasteiger partial charge in [-0.25, -0.2) is 9.37 Å². The molecule has 0 radical (unpaired) electrons.